The minimum Gasteiger partial charge on any atom is -0.496 e. The van der Waals surface area contributed by atoms with E-state index in [-0.39, 0.29) is 0 Å². The fraction of sp³-hybridized carbons (Fsp3) is 0.250. The molecule has 0 bridgehead atoms. The standard InChI is InChI=1S/C12H14O3/c1-3-12(13)15-9-8-10-6-4-5-7-11(10)14-2/h3-7H,1,8-9H2,2H3. The summed E-state index contributed by atoms with van der Waals surface area (Å²) < 4.78 is 10.1. The van der Waals surface area contributed by atoms with Crippen molar-refractivity contribution < 1.29 is 14.3 Å². The molecule has 0 aliphatic heterocycles. The highest BCUT2D eigenvalue weighted by Crippen LogP contribution is 2.17. The van der Waals surface area contributed by atoms with Crippen LogP contribution in [0.15, 0.2) is 36.9 Å². The Kier molecular flexibility index (Phi) is 4.41. The maximum Gasteiger partial charge on any atom is 0.330 e. The van der Waals surface area contributed by atoms with Gasteiger partial charge in [-0.15, -0.1) is 0 Å². The summed E-state index contributed by atoms with van der Waals surface area (Å²) in [5.74, 6) is 0.414. The van der Waals surface area contributed by atoms with E-state index < -0.39 is 5.97 Å². The van der Waals surface area contributed by atoms with E-state index in [0.717, 1.165) is 17.4 Å². The van der Waals surface area contributed by atoms with Crippen LogP contribution in [0.1, 0.15) is 5.56 Å². The van der Waals surface area contributed by atoms with Crippen molar-refractivity contribution in [1.82, 2.24) is 0 Å². The van der Waals surface area contributed by atoms with Crippen LogP contribution in [-0.2, 0) is 16.0 Å². The summed E-state index contributed by atoms with van der Waals surface area (Å²) in [5, 5.41) is 0. The molecule has 0 N–H and O–H groups in total. The third-order valence-corrected chi connectivity index (χ3v) is 1.97. The van der Waals surface area contributed by atoms with Gasteiger partial charge in [-0.05, 0) is 11.6 Å². The Hall–Kier alpha value is -1.77. The molecule has 0 heterocycles. The van der Waals surface area contributed by atoms with Gasteiger partial charge in [0.2, 0.25) is 0 Å². The van der Waals surface area contributed by atoms with Crippen LogP contribution in [0.5, 0.6) is 5.75 Å². The first-order chi connectivity index (χ1) is 7.27. The maximum atomic E-state index is 10.8. The molecule has 0 aliphatic rings. The molecule has 0 saturated carbocycles. The summed E-state index contributed by atoms with van der Waals surface area (Å²) >= 11 is 0. The van der Waals surface area contributed by atoms with Crippen LogP contribution in [0.4, 0.5) is 0 Å². The predicted molar refractivity (Wildman–Crippen MR) is 57.9 cm³/mol. The molecule has 0 unspecified atom stereocenters. The summed E-state index contributed by atoms with van der Waals surface area (Å²) in [7, 11) is 1.62. The second-order valence-electron chi connectivity index (χ2n) is 2.93. The van der Waals surface area contributed by atoms with Crippen LogP contribution in [-0.4, -0.2) is 19.7 Å². The van der Waals surface area contributed by atoms with Gasteiger partial charge in [-0.1, -0.05) is 24.8 Å². The Morgan fingerprint density at radius 1 is 1.47 bits per heavy atom. The van der Waals surface area contributed by atoms with Gasteiger partial charge >= 0.3 is 5.97 Å². The first-order valence-corrected chi connectivity index (χ1v) is 4.69. The van der Waals surface area contributed by atoms with Gasteiger partial charge in [0.25, 0.3) is 0 Å². The highest BCUT2D eigenvalue weighted by atomic mass is 16.5. The fourth-order valence-electron chi connectivity index (χ4n) is 1.23. The van der Waals surface area contributed by atoms with Crippen molar-refractivity contribution in [3.8, 4) is 5.75 Å². The second kappa shape index (κ2) is 5.86. The van der Waals surface area contributed by atoms with Crippen molar-refractivity contribution in [1.29, 1.82) is 0 Å². The lowest BCUT2D eigenvalue weighted by atomic mass is 10.1. The van der Waals surface area contributed by atoms with Crippen LogP contribution in [0.25, 0.3) is 0 Å². The van der Waals surface area contributed by atoms with Gasteiger partial charge < -0.3 is 9.47 Å². The molecule has 3 nitrogen and oxygen atoms in total. The zero-order valence-corrected chi connectivity index (χ0v) is 8.73. The quantitative estimate of drug-likeness (QED) is 0.545. The third-order valence-electron chi connectivity index (χ3n) is 1.97. The van der Waals surface area contributed by atoms with Crippen molar-refractivity contribution in [2.24, 2.45) is 0 Å². The zero-order chi connectivity index (χ0) is 11.1. The number of hydrogen-bond acceptors (Lipinski definition) is 3. The van der Waals surface area contributed by atoms with Crippen molar-refractivity contribution in [2.75, 3.05) is 13.7 Å². The van der Waals surface area contributed by atoms with E-state index in [1.54, 1.807) is 7.11 Å². The number of para-hydroxylation sites is 1. The third kappa shape index (κ3) is 3.46. The summed E-state index contributed by atoms with van der Waals surface area (Å²) in [6, 6.07) is 7.65. The van der Waals surface area contributed by atoms with E-state index in [4.69, 9.17) is 9.47 Å². The molecule has 0 fully saturated rings. The van der Waals surface area contributed by atoms with Gasteiger partial charge in [0.05, 0.1) is 13.7 Å². The molecule has 1 rings (SSSR count). The Morgan fingerprint density at radius 2 is 2.20 bits per heavy atom. The Bertz CT molecular complexity index is 344. The lowest BCUT2D eigenvalue weighted by molar-refractivity contribution is -0.137. The number of ether oxygens (including phenoxy) is 2. The Labute approximate surface area is 89.3 Å². The van der Waals surface area contributed by atoms with Crippen LogP contribution in [0.3, 0.4) is 0 Å². The molecule has 0 radical (unpaired) electrons. The zero-order valence-electron chi connectivity index (χ0n) is 8.73. The van der Waals surface area contributed by atoms with Gasteiger partial charge in [-0.2, -0.15) is 0 Å². The van der Waals surface area contributed by atoms with Crippen molar-refractivity contribution in [2.45, 2.75) is 6.42 Å². The molecule has 3 heteroatoms. The number of rotatable bonds is 5. The van der Waals surface area contributed by atoms with Crippen molar-refractivity contribution in [3.63, 3.8) is 0 Å². The SMILES string of the molecule is C=CC(=O)OCCc1ccccc1OC. The second-order valence-corrected chi connectivity index (χ2v) is 2.93. The van der Waals surface area contributed by atoms with Gasteiger partial charge in [0.15, 0.2) is 0 Å². The molecule has 80 valence electrons. The van der Waals surface area contributed by atoms with E-state index >= 15 is 0 Å². The summed E-state index contributed by atoms with van der Waals surface area (Å²) in [6.45, 7) is 3.66. The van der Waals surface area contributed by atoms with E-state index in [9.17, 15) is 4.79 Å². The topological polar surface area (TPSA) is 35.5 Å². The smallest absolute Gasteiger partial charge is 0.330 e. The molecule has 0 spiro atoms. The van der Waals surface area contributed by atoms with Crippen molar-refractivity contribution in [3.05, 3.63) is 42.5 Å². The van der Waals surface area contributed by atoms with E-state index in [0.29, 0.717) is 13.0 Å². The molecule has 15 heavy (non-hydrogen) atoms. The summed E-state index contributed by atoms with van der Waals surface area (Å²) in [6.07, 6.45) is 1.80. The van der Waals surface area contributed by atoms with Crippen LogP contribution in [0.2, 0.25) is 0 Å². The molecular weight excluding hydrogens is 192 g/mol. The number of esters is 1. The number of carbonyl (C=O) groups is 1. The first kappa shape index (κ1) is 11.3. The Balaban J connectivity index is 2.49. The minimum absolute atomic E-state index is 0.339. The lowest BCUT2D eigenvalue weighted by Gasteiger charge is -2.07. The molecule has 1 aromatic rings. The molecule has 0 aromatic heterocycles. The monoisotopic (exact) mass is 206 g/mol. The minimum atomic E-state index is -0.398. The van der Waals surface area contributed by atoms with Gasteiger partial charge in [-0.25, -0.2) is 4.79 Å². The van der Waals surface area contributed by atoms with E-state index in [1.807, 2.05) is 24.3 Å². The van der Waals surface area contributed by atoms with Gasteiger partial charge in [0.1, 0.15) is 5.75 Å². The average Bonchev–Trinajstić information content (AvgIpc) is 2.29. The average molecular weight is 206 g/mol. The molecule has 1 aromatic carbocycles. The normalized spacial score (nSPS) is 9.40. The van der Waals surface area contributed by atoms with E-state index in [2.05, 4.69) is 6.58 Å². The Morgan fingerprint density at radius 3 is 2.87 bits per heavy atom. The van der Waals surface area contributed by atoms with Gasteiger partial charge in [-0.3, -0.25) is 0 Å². The number of benzene rings is 1. The number of methoxy groups -OCH3 is 1. The molecule has 0 atom stereocenters. The first-order valence-electron chi connectivity index (χ1n) is 4.69. The number of hydrogen-bond donors (Lipinski definition) is 0. The summed E-state index contributed by atoms with van der Waals surface area (Å²) in [4.78, 5) is 10.8. The van der Waals surface area contributed by atoms with E-state index in [1.165, 1.54) is 0 Å². The van der Waals surface area contributed by atoms with Crippen LogP contribution >= 0.6 is 0 Å². The highest BCUT2D eigenvalue weighted by molar-refractivity contribution is 5.81. The maximum absolute atomic E-state index is 10.8. The highest BCUT2D eigenvalue weighted by Gasteiger charge is 2.02. The molecule has 0 amide bonds. The lowest BCUT2D eigenvalue weighted by Crippen LogP contribution is -2.05. The predicted octanol–water partition coefficient (Wildman–Crippen LogP) is 1.97. The fourth-order valence-corrected chi connectivity index (χ4v) is 1.23. The van der Waals surface area contributed by atoms with Crippen molar-refractivity contribution >= 4 is 5.97 Å². The van der Waals surface area contributed by atoms with Crippen LogP contribution < -0.4 is 4.74 Å². The molecule has 0 aliphatic carbocycles. The number of carbonyl (C=O) groups excluding carboxylic acids is 1. The van der Waals surface area contributed by atoms with Crippen LogP contribution in [0, 0.1) is 0 Å². The van der Waals surface area contributed by atoms with Gasteiger partial charge in [0, 0.05) is 12.5 Å². The molecule has 0 saturated heterocycles. The molecular formula is C12H14O3. The largest absolute Gasteiger partial charge is 0.496 e. The summed E-state index contributed by atoms with van der Waals surface area (Å²) in [5.41, 5.74) is 1.02.